The highest BCUT2D eigenvalue weighted by Gasteiger charge is 2.52. The van der Waals surface area contributed by atoms with Gasteiger partial charge in [-0.3, -0.25) is 9.59 Å². The van der Waals surface area contributed by atoms with Crippen LogP contribution in [0.2, 0.25) is 10.0 Å². The van der Waals surface area contributed by atoms with Crippen LogP contribution in [0.4, 0.5) is 11.4 Å². The van der Waals surface area contributed by atoms with E-state index in [-0.39, 0.29) is 11.8 Å². The van der Waals surface area contributed by atoms with E-state index in [4.69, 9.17) is 23.2 Å². The minimum Gasteiger partial charge on any atom is -0.325 e. The molecule has 0 aliphatic carbocycles. The van der Waals surface area contributed by atoms with Crippen LogP contribution in [0.15, 0.2) is 36.4 Å². The van der Waals surface area contributed by atoms with Crippen LogP contribution >= 0.6 is 23.2 Å². The van der Waals surface area contributed by atoms with Crippen LogP contribution in [0.1, 0.15) is 25.0 Å². The summed E-state index contributed by atoms with van der Waals surface area (Å²) in [5.74, 6) is -0.726. The normalized spacial score (nSPS) is 22.2. The van der Waals surface area contributed by atoms with Crippen molar-refractivity contribution >= 4 is 46.4 Å². The van der Waals surface area contributed by atoms with Crippen molar-refractivity contribution in [2.24, 2.45) is 11.3 Å². The second-order valence-electron chi connectivity index (χ2n) is 7.42. The average molecular weight is 405 g/mol. The molecule has 0 bridgehead atoms. The van der Waals surface area contributed by atoms with Crippen molar-refractivity contribution in [3.63, 3.8) is 0 Å². The molecule has 3 rings (SSSR count). The Labute approximate surface area is 169 Å². The van der Waals surface area contributed by atoms with Gasteiger partial charge in [-0.1, -0.05) is 48.3 Å². The van der Waals surface area contributed by atoms with Crippen LogP contribution in [0, 0.1) is 25.2 Å². The van der Waals surface area contributed by atoms with E-state index in [1.54, 1.807) is 30.0 Å². The second-order valence-corrected chi connectivity index (χ2v) is 8.29. The summed E-state index contributed by atoms with van der Waals surface area (Å²) in [4.78, 5) is 27.8. The van der Waals surface area contributed by atoms with E-state index in [1.807, 2.05) is 39.0 Å². The Kier molecular flexibility index (Phi) is 5.24. The molecule has 0 saturated carbocycles. The maximum atomic E-state index is 13.1. The van der Waals surface area contributed by atoms with E-state index in [0.717, 1.165) is 16.8 Å². The standard InChI is InChI=1S/C21H22Cl2N2O2/c1-12-6-5-7-13(2)18(12)25-11-21(4,14(3)19(25)26)20(27)24-17-9-15(22)8-16(23)10-17/h5-10,14H,11H2,1-4H3,(H,24,27)/t14?,21-/m1/s1. The van der Waals surface area contributed by atoms with E-state index in [1.165, 1.54) is 0 Å². The number of amides is 2. The summed E-state index contributed by atoms with van der Waals surface area (Å²) in [5, 5.41) is 3.75. The van der Waals surface area contributed by atoms with Crippen LogP contribution in [0.5, 0.6) is 0 Å². The first-order valence-corrected chi connectivity index (χ1v) is 9.54. The Balaban J connectivity index is 1.91. The predicted molar refractivity (Wildman–Crippen MR) is 111 cm³/mol. The maximum Gasteiger partial charge on any atom is 0.232 e. The molecular formula is C21H22Cl2N2O2. The first kappa shape index (κ1) is 19.7. The summed E-state index contributed by atoms with van der Waals surface area (Å²) in [7, 11) is 0. The fourth-order valence-electron chi connectivity index (χ4n) is 3.64. The number of aryl methyl sites for hydroxylation is 2. The number of hydrogen-bond acceptors (Lipinski definition) is 2. The zero-order valence-corrected chi connectivity index (χ0v) is 17.3. The van der Waals surface area contributed by atoms with E-state index < -0.39 is 11.3 Å². The Morgan fingerprint density at radius 3 is 2.26 bits per heavy atom. The van der Waals surface area contributed by atoms with Gasteiger partial charge in [0.2, 0.25) is 11.8 Å². The number of anilines is 2. The zero-order valence-electron chi connectivity index (χ0n) is 15.8. The second kappa shape index (κ2) is 7.17. The van der Waals surface area contributed by atoms with Crippen molar-refractivity contribution in [2.45, 2.75) is 27.7 Å². The van der Waals surface area contributed by atoms with Gasteiger partial charge in [-0.15, -0.1) is 0 Å². The highest BCUT2D eigenvalue weighted by molar-refractivity contribution is 6.35. The van der Waals surface area contributed by atoms with Crippen LogP contribution in [0.3, 0.4) is 0 Å². The topological polar surface area (TPSA) is 49.4 Å². The van der Waals surface area contributed by atoms with Gasteiger partial charge in [0.15, 0.2) is 0 Å². The van der Waals surface area contributed by atoms with E-state index >= 15 is 0 Å². The van der Waals surface area contributed by atoms with Crippen LogP contribution in [-0.2, 0) is 9.59 Å². The number of halogens is 2. The zero-order chi connectivity index (χ0) is 19.9. The largest absolute Gasteiger partial charge is 0.325 e. The quantitative estimate of drug-likeness (QED) is 0.760. The van der Waals surface area contributed by atoms with E-state index in [0.29, 0.717) is 22.3 Å². The van der Waals surface area contributed by atoms with Crippen molar-refractivity contribution in [3.8, 4) is 0 Å². The highest BCUT2D eigenvalue weighted by Crippen LogP contribution is 2.42. The lowest BCUT2D eigenvalue weighted by Gasteiger charge is -2.26. The molecule has 1 heterocycles. The minimum atomic E-state index is -0.874. The van der Waals surface area contributed by atoms with Crippen molar-refractivity contribution in [1.29, 1.82) is 0 Å². The SMILES string of the molecule is Cc1cccc(C)c1N1C[C@@](C)(C(=O)Nc2cc(Cl)cc(Cl)c2)C(C)C1=O. The first-order chi connectivity index (χ1) is 12.6. The van der Waals surface area contributed by atoms with Gasteiger partial charge < -0.3 is 10.2 Å². The number of rotatable bonds is 3. The Morgan fingerprint density at radius 2 is 1.70 bits per heavy atom. The van der Waals surface area contributed by atoms with Gasteiger partial charge in [0.05, 0.1) is 11.3 Å². The summed E-state index contributed by atoms with van der Waals surface area (Å²) in [6.45, 7) is 7.90. The van der Waals surface area contributed by atoms with Gasteiger partial charge in [-0.25, -0.2) is 0 Å². The molecule has 1 fully saturated rings. The van der Waals surface area contributed by atoms with Gasteiger partial charge in [-0.05, 0) is 50.1 Å². The molecule has 2 aromatic rings. The monoisotopic (exact) mass is 404 g/mol. The average Bonchev–Trinajstić information content (AvgIpc) is 2.79. The molecule has 1 unspecified atom stereocenters. The van der Waals surface area contributed by atoms with Gasteiger partial charge in [-0.2, -0.15) is 0 Å². The number of hydrogen-bond donors (Lipinski definition) is 1. The smallest absolute Gasteiger partial charge is 0.232 e. The molecule has 0 radical (unpaired) electrons. The van der Waals surface area contributed by atoms with Crippen molar-refractivity contribution < 1.29 is 9.59 Å². The molecule has 0 spiro atoms. The van der Waals surface area contributed by atoms with Crippen LogP contribution in [0.25, 0.3) is 0 Å². The number of benzene rings is 2. The Morgan fingerprint density at radius 1 is 1.15 bits per heavy atom. The predicted octanol–water partition coefficient (Wildman–Crippen LogP) is 5.24. The van der Waals surface area contributed by atoms with Gasteiger partial charge in [0, 0.05) is 28.0 Å². The number of nitrogens with zero attached hydrogens (tertiary/aromatic N) is 1. The molecule has 2 aromatic carbocycles. The van der Waals surface area contributed by atoms with Crippen molar-refractivity contribution in [1.82, 2.24) is 0 Å². The van der Waals surface area contributed by atoms with E-state index in [2.05, 4.69) is 5.32 Å². The Bertz CT molecular complexity index is 888. The summed E-state index contributed by atoms with van der Waals surface area (Å²) < 4.78 is 0. The van der Waals surface area contributed by atoms with Gasteiger partial charge >= 0.3 is 0 Å². The fourth-order valence-corrected chi connectivity index (χ4v) is 4.16. The molecule has 27 heavy (non-hydrogen) atoms. The summed E-state index contributed by atoms with van der Waals surface area (Å²) >= 11 is 12.0. The highest BCUT2D eigenvalue weighted by atomic mass is 35.5. The lowest BCUT2D eigenvalue weighted by molar-refractivity contribution is -0.130. The first-order valence-electron chi connectivity index (χ1n) is 8.78. The molecule has 2 amide bonds. The minimum absolute atomic E-state index is 0.0471. The van der Waals surface area contributed by atoms with Gasteiger partial charge in [0.25, 0.3) is 0 Å². The molecule has 142 valence electrons. The van der Waals surface area contributed by atoms with Crippen molar-refractivity contribution in [2.75, 3.05) is 16.8 Å². The molecule has 0 aromatic heterocycles. The van der Waals surface area contributed by atoms with Gasteiger partial charge in [0.1, 0.15) is 0 Å². The lowest BCUT2D eigenvalue weighted by Crippen LogP contribution is -2.39. The summed E-state index contributed by atoms with van der Waals surface area (Å²) in [5.41, 5.74) is 2.56. The molecule has 2 atom stereocenters. The Hall–Kier alpha value is -2.04. The molecule has 1 aliphatic rings. The third-order valence-electron chi connectivity index (χ3n) is 5.43. The molecule has 6 heteroatoms. The number of nitrogens with one attached hydrogen (secondary N) is 1. The fraction of sp³-hybridized carbons (Fsp3) is 0.333. The lowest BCUT2D eigenvalue weighted by atomic mass is 9.80. The summed E-state index contributed by atoms with van der Waals surface area (Å²) in [6.07, 6.45) is 0. The summed E-state index contributed by atoms with van der Waals surface area (Å²) in [6, 6.07) is 10.8. The molecule has 4 nitrogen and oxygen atoms in total. The van der Waals surface area contributed by atoms with Crippen molar-refractivity contribution in [3.05, 3.63) is 57.6 Å². The maximum absolute atomic E-state index is 13.1. The van der Waals surface area contributed by atoms with E-state index in [9.17, 15) is 9.59 Å². The third-order valence-corrected chi connectivity index (χ3v) is 5.86. The number of carbonyl (C=O) groups is 2. The van der Waals surface area contributed by atoms with Crippen LogP contribution in [-0.4, -0.2) is 18.4 Å². The molecule has 1 saturated heterocycles. The number of carbonyl (C=O) groups excluding carboxylic acids is 2. The van der Waals surface area contributed by atoms with Crippen LogP contribution < -0.4 is 10.2 Å². The molecule has 1 aliphatic heterocycles. The molecular weight excluding hydrogens is 383 g/mol. The third kappa shape index (κ3) is 3.56. The molecule has 1 N–H and O–H groups in total. The number of para-hydroxylation sites is 1.